The van der Waals surface area contributed by atoms with Gasteiger partial charge in [-0.1, -0.05) is 18.2 Å². The van der Waals surface area contributed by atoms with E-state index in [-0.39, 0.29) is 30.0 Å². The van der Waals surface area contributed by atoms with Gasteiger partial charge in [-0.05, 0) is 41.8 Å². The largest absolute Gasteiger partial charge is 0.465 e. The molecule has 0 spiro atoms. The number of anilines is 1. The third kappa shape index (κ3) is 6.16. The monoisotopic (exact) mass is 454 g/mol. The number of benzene rings is 2. The zero-order chi connectivity index (χ0) is 24.0. The fourth-order valence-electron chi connectivity index (χ4n) is 3.02. The molecule has 8 nitrogen and oxygen atoms in total. The van der Waals surface area contributed by atoms with Gasteiger partial charge in [-0.15, -0.1) is 0 Å². The van der Waals surface area contributed by atoms with Gasteiger partial charge in [0.15, 0.2) is 11.6 Å². The van der Waals surface area contributed by atoms with E-state index in [9.17, 15) is 23.2 Å². The van der Waals surface area contributed by atoms with Gasteiger partial charge in [0.2, 0.25) is 5.91 Å². The lowest BCUT2D eigenvalue weighted by molar-refractivity contribution is -0.115. The van der Waals surface area contributed by atoms with Crippen molar-refractivity contribution in [2.45, 2.75) is 19.9 Å². The third-order valence-corrected chi connectivity index (χ3v) is 4.67. The van der Waals surface area contributed by atoms with Gasteiger partial charge in [0, 0.05) is 12.6 Å². The van der Waals surface area contributed by atoms with E-state index in [1.54, 1.807) is 25.1 Å². The summed E-state index contributed by atoms with van der Waals surface area (Å²) in [7, 11) is 1.30. The molecule has 1 heterocycles. The molecule has 2 aromatic carbocycles. The Kier molecular flexibility index (Phi) is 7.39. The fraction of sp³-hybridized carbons (Fsp3) is 0.174. The predicted molar refractivity (Wildman–Crippen MR) is 114 cm³/mol. The average molecular weight is 454 g/mol. The number of methoxy groups -OCH3 is 1. The van der Waals surface area contributed by atoms with Crippen LogP contribution in [0.4, 0.5) is 14.6 Å². The molecule has 0 fully saturated rings. The lowest BCUT2D eigenvalue weighted by atomic mass is 10.1. The van der Waals surface area contributed by atoms with Crippen LogP contribution < -0.4 is 10.6 Å². The van der Waals surface area contributed by atoms with Crippen molar-refractivity contribution in [3.05, 3.63) is 88.4 Å². The second-order valence-corrected chi connectivity index (χ2v) is 7.09. The molecule has 10 heteroatoms. The van der Waals surface area contributed by atoms with Crippen LogP contribution in [0.3, 0.4) is 0 Å². The van der Waals surface area contributed by atoms with Crippen LogP contribution in [0.25, 0.3) is 0 Å². The standard InChI is InChI=1S/C23H20F2N4O4/c1-13-7-15(3-5-16(13)23(32)33-2)11-26-22(31)19-10-20(28-12-27-19)29-21(30)9-14-4-6-17(24)18(25)8-14/h3-8,10,12H,9,11H2,1-2H3,(H,26,31)(H,27,28,29,30). The summed E-state index contributed by atoms with van der Waals surface area (Å²) in [5.41, 5.74) is 2.22. The number of esters is 1. The zero-order valence-electron chi connectivity index (χ0n) is 17.8. The summed E-state index contributed by atoms with van der Waals surface area (Å²) in [6.45, 7) is 1.94. The first kappa shape index (κ1) is 23.5. The van der Waals surface area contributed by atoms with Crippen molar-refractivity contribution in [1.82, 2.24) is 15.3 Å². The number of aromatic nitrogens is 2. The molecule has 0 atom stereocenters. The Morgan fingerprint density at radius 2 is 1.73 bits per heavy atom. The molecule has 0 aliphatic heterocycles. The molecule has 33 heavy (non-hydrogen) atoms. The van der Waals surface area contributed by atoms with Crippen molar-refractivity contribution < 1.29 is 27.9 Å². The van der Waals surface area contributed by atoms with Crippen molar-refractivity contribution in [1.29, 1.82) is 0 Å². The zero-order valence-corrected chi connectivity index (χ0v) is 17.8. The van der Waals surface area contributed by atoms with Gasteiger partial charge >= 0.3 is 5.97 Å². The fourth-order valence-corrected chi connectivity index (χ4v) is 3.02. The molecule has 1 aromatic heterocycles. The summed E-state index contributed by atoms with van der Waals surface area (Å²) in [6.07, 6.45) is 0.918. The summed E-state index contributed by atoms with van der Waals surface area (Å²) in [4.78, 5) is 44.1. The number of nitrogens with zero attached hydrogens (tertiary/aromatic N) is 2. The molecule has 3 rings (SSSR count). The van der Waals surface area contributed by atoms with E-state index >= 15 is 0 Å². The van der Waals surface area contributed by atoms with Crippen molar-refractivity contribution >= 4 is 23.6 Å². The Hall–Kier alpha value is -4.21. The van der Waals surface area contributed by atoms with Gasteiger partial charge in [0.05, 0.1) is 19.1 Å². The maximum atomic E-state index is 13.3. The quantitative estimate of drug-likeness (QED) is 0.531. The van der Waals surface area contributed by atoms with Crippen molar-refractivity contribution in [3.63, 3.8) is 0 Å². The highest BCUT2D eigenvalue weighted by Crippen LogP contribution is 2.13. The number of nitrogens with one attached hydrogen (secondary N) is 2. The molecule has 0 unspecified atom stereocenters. The first-order valence-corrected chi connectivity index (χ1v) is 9.78. The summed E-state index contributed by atoms with van der Waals surface area (Å²) in [5, 5.41) is 5.20. The van der Waals surface area contributed by atoms with Crippen molar-refractivity contribution in [3.8, 4) is 0 Å². The molecule has 0 bridgehead atoms. The Balaban J connectivity index is 1.60. The highest BCUT2D eigenvalue weighted by Gasteiger charge is 2.13. The van der Waals surface area contributed by atoms with E-state index in [0.29, 0.717) is 11.1 Å². The van der Waals surface area contributed by atoms with E-state index in [0.717, 1.165) is 24.0 Å². The minimum Gasteiger partial charge on any atom is -0.465 e. The summed E-state index contributed by atoms with van der Waals surface area (Å²) >= 11 is 0. The lowest BCUT2D eigenvalue weighted by Crippen LogP contribution is -2.24. The molecule has 0 saturated carbocycles. The van der Waals surface area contributed by atoms with Crippen LogP contribution >= 0.6 is 0 Å². The number of amides is 2. The van der Waals surface area contributed by atoms with Gasteiger partial charge in [-0.3, -0.25) is 9.59 Å². The topological polar surface area (TPSA) is 110 Å². The van der Waals surface area contributed by atoms with E-state index in [4.69, 9.17) is 4.74 Å². The van der Waals surface area contributed by atoms with E-state index in [1.165, 1.54) is 19.2 Å². The summed E-state index contributed by atoms with van der Waals surface area (Å²) < 4.78 is 31.0. The number of hydrogen-bond acceptors (Lipinski definition) is 6. The molecule has 170 valence electrons. The van der Waals surface area contributed by atoms with Gasteiger partial charge < -0.3 is 15.4 Å². The van der Waals surface area contributed by atoms with Crippen molar-refractivity contribution in [2.24, 2.45) is 0 Å². The number of halogens is 2. The predicted octanol–water partition coefficient (Wildman–Crippen LogP) is 2.96. The number of carbonyl (C=O) groups excluding carboxylic acids is 3. The van der Waals surface area contributed by atoms with Crippen LogP contribution in [-0.2, 0) is 22.5 Å². The maximum absolute atomic E-state index is 13.3. The Morgan fingerprint density at radius 3 is 2.42 bits per heavy atom. The smallest absolute Gasteiger partial charge is 0.338 e. The highest BCUT2D eigenvalue weighted by atomic mass is 19.2. The van der Waals surface area contributed by atoms with E-state index in [2.05, 4.69) is 20.6 Å². The molecule has 2 amide bonds. The van der Waals surface area contributed by atoms with Gasteiger partial charge in [0.25, 0.3) is 5.91 Å². The SMILES string of the molecule is COC(=O)c1ccc(CNC(=O)c2cc(NC(=O)Cc3ccc(F)c(F)c3)ncn2)cc1C. The first-order chi connectivity index (χ1) is 15.8. The second-order valence-electron chi connectivity index (χ2n) is 7.09. The number of aryl methyl sites for hydroxylation is 1. The van der Waals surface area contributed by atoms with E-state index < -0.39 is 29.4 Å². The molecular weight excluding hydrogens is 434 g/mol. The van der Waals surface area contributed by atoms with Gasteiger partial charge in [-0.25, -0.2) is 23.5 Å². The maximum Gasteiger partial charge on any atom is 0.338 e. The molecular formula is C23H20F2N4O4. The van der Waals surface area contributed by atoms with E-state index in [1.807, 2.05) is 0 Å². The Bertz CT molecular complexity index is 1220. The molecule has 0 saturated heterocycles. The van der Waals surface area contributed by atoms with Crippen LogP contribution in [0.15, 0.2) is 48.8 Å². The Labute approximate surface area is 188 Å². The van der Waals surface area contributed by atoms with Crippen LogP contribution in [0, 0.1) is 18.6 Å². The Morgan fingerprint density at radius 1 is 0.970 bits per heavy atom. The van der Waals surface area contributed by atoms with Gasteiger partial charge in [-0.2, -0.15) is 0 Å². The number of carbonyl (C=O) groups is 3. The van der Waals surface area contributed by atoms with Crippen LogP contribution in [0.1, 0.15) is 37.5 Å². The molecule has 0 aliphatic carbocycles. The summed E-state index contributed by atoms with van der Waals surface area (Å²) in [5.74, 6) is -3.42. The van der Waals surface area contributed by atoms with Crippen LogP contribution in [-0.4, -0.2) is 34.9 Å². The first-order valence-electron chi connectivity index (χ1n) is 9.78. The normalized spacial score (nSPS) is 10.4. The molecule has 0 aliphatic rings. The second kappa shape index (κ2) is 10.4. The van der Waals surface area contributed by atoms with Crippen LogP contribution in [0.2, 0.25) is 0 Å². The van der Waals surface area contributed by atoms with Gasteiger partial charge in [0.1, 0.15) is 17.8 Å². The number of hydrogen-bond donors (Lipinski definition) is 2. The minimum absolute atomic E-state index is 0.0241. The van der Waals surface area contributed by atoms with Crippen molar-refractivity contribution in [2.75, 3.05) is 12.4 Å². The number of rotatable bonds is 7. The number of ether oxygens (including phenoxy) is 1. The highest BCUT2D eigenvalue weighted by molar-refractivity contribution is 5.95. The minimum atomic E-state index is -1.04. The third-order valence-electron chi connectivity index (χ3n) is 4.67. The lowest BCUT2D eigenvalue weighted by Gasteiger charge is -2.09. The molecule has 3 aromatic rings. The molecule has 2 N–H and O–H groups in total. The summed E-state index contributed by atoms with van der Waals surface area (Å²) in [6, 6.07) is 9.55. The van der Waals surface area contributed by atoms with Crippen LogP contribution in [0.5, 0.6) is 0 Å². The molecule has 0 radical (unpaired) electrons. The average Bonchev–Trinajstić information content (AvgIpc) is 2.79.